The number of halogens is 4. The molecule has 4 rings (SSSR count). The smallest absolute Gasteiger partial charge is 0.148 e. The molecule has 2 fully saturated rings. The Morgan fingerprint density at radius 1 is 0.794 bits per heavy atom. The summed E-state index contributed by atoms with van der Waals surface area (Å²) in [5.74, 6) is -1.84. The summed E-state index contributed by atoms with van der Waals surface area (Å²) in [4.78, 5) is 18.3. The number of likely N-dealkylation sites (tertiary alicyclic amines) is 2. The molecule has 4 unspecified atom stereocenters. The predicted molar refractivity (Wildman–Crippen MR) is 137 cm³/mol. The van der Waals surface area contributed by atoms with Crippen LogP contribution in [0.4, 0.5) is 0 Å². The molecule has 2 aromatic rings. The lowest BCUT2D eigenvalue weighted by Crippen LogP contribution is -2.59. The summed E-state index contributed by atoms with van der Waals surface area (Å²) in [6.07, 6.45) is 0.647. The first kappa shape index (κ1) is 26.2. The zero-order valence-electron chi connectivity index (χ0n) is 19.1. The molecule has 2 saturated heterocycles. The van der Waals surface area contributed by atoms with Crippen molar-refractivity contribution in [3.05, 3.63) is 67.6 Å². The second-order valence-corrected chi connectivity index (χ2v) is 11.3. The topological polar surface area (TPSA) is 64.0 Å². The van der Waals surface area contributed by atoms with Gasteiger partial charge in [0.1, 0.15) is 17.0 Å². The Morgan fingerprint density at radius 2 is 1.18 bits per heavy atom. The van der Waals surface area contributed by atoms with E-state index in [0.717, 1.165) is 0 Å². The van der Waals surface area contributed by atoms with Gasteiger partial charge in [0.15, 0.2) is 0 Å². The molecule has 5 nitrogen and oxygen atoms in total. The molecule has 0 radical (unpaired) electrons. The molecule has 9 heteroatoms. The Bertz CT molecular complexity index is 1020. The van der Waals surface area contributed by atoms with Gasteiger partial charge in [0.25, 0.3) is 0 Å². The van der Waals surface area contributed by atoms with Gasteiger partial charge >= 0.3 is 0 Å². The van der Waals surface area contributed by atoms with Crippen molar-refractivity contribution < 1.29 is 15.0 Å². The van der Waals surface area contributed by atoms with Crippen molar-refractivity contribution in [1.29, 1.82) is 0 Å². The van der Waals surface area contributed by atoms with Crippen molar-refractivity contribution in [2.45, 2.75) is 24.0 Å². The number of nitrogens with zero attached hydrogens (tertiary/aromatic N) is 2. The minimum absolute atomic E-state index is 0.222. The quantitative estimate of drug-likeness (QED) is 0.575. The lowest BCUT2D eigenvalue weighted by molar-refractivity contribution is -0.160. The Kier molecular flexibility index (Phi) is 7.60. The summed E-state index contributed by atoms with van der Waals surface area (Å²) in [5.41, 5.74) is -2.04. The van der Waals surface area contributed by atoms with Gasteiger partial charge in [-0.15, -0.1) is 0 Å². The second kappa shape index (κ2) is 9.87. The Labute approximate surface area is 220 Å². The zero-order chi connectivity index (χ0) is 24.8. The fourth-order valence-electron chi connectivity index (χ4n) is 5.40. The number of hydrogen-bond donors (Lipinski definition) is 2. The third kappa shape index (κ3) is 4.74. The SMILES string of the molecule is CN1CCC(O)(c2ccc(Cl)cc2Cl)C(C(=O)C2CN(C)CCC2(O)c2ccc(Cl)cc2Cl)C1. The van der Waals surface area contributed by atoms with Crippen molar-refractivity contribution in [1.82, 2.24) is 9.80 Å². The van der Waals surface area contributed by atoms with E-state index in [2.05, 4.69) is 0 Å². The average molecular weight is 546 g/mol. The van der Waals surface area contributed by atoms with Gasteiger partial charge in [-0.3, -0.25) is 4.79 Å². The van der Waals surface area contributed by atoms with E-state index in [9.17, 15) is 15.0 Å². The molecule has 34 heavy (non-hydrogen) atoms. The number of ketones is 1. The third-order valence-corrected chi connectivity index (χ3v) is 8.47. The lowest BCUT2D eigenvalue weighted by Gasteiger charge is -2.49. The predicted octanol–water partition coefficient (Wildman–Crippen LogP) is 4.85. The highest BCUT2D eigenvalue weighted by Crippen LogP contribution is 2.47. The van der Waals surface area contributed by atoms with E-state index in [1.165, 1.54) is 0 Å². The number of aliphatic hydroxyl groups is 2. The molecular weight excluding hydrogens is 518 g/mol. The van der Waals surface area contributed by atoms with Gasteiger partial charge in [-0.25, -0.2) is 0 Å². The molecule has 0 spiro atoms. The van der Waals surface area contributed by atoms with Gasteiger partial charge in [-0.1, -0.05) is 58.5 Å². The van der Waals surface area contributed by atoms with Crippen molar-refractivity contribution >= 4 is 52.2 Å². The normalized spacial score (nSPS) is 30.9. The maximum absolute atomic E-state index is 14.3. The van der Waals surface area contributed by atoms with Crippen LogP contribution in [0.25, 0.3) is 0 Å². The first-order valence-corrected chi connectivity index (χ1v) is 12.7. The molecule has 2 N–H and O–H groups in total. The minimum atomic E-state index is -1.49. The van der Waals surface area contributed by atoms with Crippen LogP contribution in [0.2, 0.25) is 20.1 Å². The Morgan fingerprint density at radius 3 is 1.53 bits per heavy atom. The number of carbonyl (C=O) groups is 1. The van der Waals surface area contributed by atoms with E-state index in [1.807, 2.05) is 23.9 Å². The van der Waals surface area contributed by atoms with E-state index >= 15 is 0 Å². The maximum atomic E-state index is 14.3. The molecule has 2 aromatic carbocycles. The van der Waals surface area contributed by atoms with Crippen molar-refractivity contribution in [3.8, 4) is 0 Å². The molecule has 4 atom stereocenters. The molecule has 0 aromatic heterocycles. The van der Waals surface area contributed by atoms with Crippen LogP contribution in [0.5, 0.6) is 0 Å². The Balaban J connectivity index is 1.79. The largest absolute Gasteiger partial charge is 0.384 e. The highest BCUT2D eigenvalue weighted by Gasteiger charge is 2.54. The van der Waals surface area contributed by atoms with Gasteiger partial charge in [0.05, 0.1) is 11.8 Å². The monoisotopic (exact) mass is 544 g/mol. The molecule has 0 amide bonds. The average Bonchev–Trinajstić information content (AvgIpc) is 2.76. The maximum Gasteiger partial charge on any atom is 0.148 e. The van der Waals surface area contributed by atoms with Crippen molar-refractivity contribution in [2.24, 2.45) is 11.8 Å². The van der Waals surface area contributed by atoms with Crippen LogP contribution < -0.4 is 0 Å². The molecule has 0 bridgehead atoms. The molecule has 0 saturated carbocycles. The number of carbonyl (C=O) groups excluding carboxylic acids is 1. The summed E-state index contributed by atoms with van der Waals surface area (Å²) in [6.45, 7) is 1.85. The highest BCUT2D eigenvalue weighted by atomic mass is 35.5. The van der Waals surface area contributed by atoms with Crippen molar-refractivity contribution in [2.75, 3.05) is 40.3 Å². The zero-order valence-corrected chi connectivity index (χ0v) is 22.1. The minimum Gasteiger partial charge on any atom is -0.384 e. The summed E-state index contributed by atoms with van der Waals surface area (Å²) in [5, 5.41) is 25.5. The molecular formula is C25H28Cl4N2O3. The van der Waals surface area contributed by atoms with Crippen LogP contribution in [0.1, 0.15) is 24.0 Å². The van der Waals surface area contributed by atoms with Gasteiger partial charge in [0, 0.05) is 57.4 Å². The molecule has 2 aliphatic heterocycles. The molecule has 184 valence electrons. The van der Waals surface area contributed by atoms with Crippen LogP contribution in [0, 0.1) is 11.8 Å². The Hall–Kier alpha value is -0.890. The van der Waals surface area contributed by atoms with E-state index in [1.54, 1.807) is 36.4 Å². The van der Waals surface area contributed by atoms with E-state index in [-0.39, 0.29) is 5.78 Å². The summed E-state index contributed by atoms with van der Waals surface area (Å²) in [7, 11) is 3.83. The summed E-state index contributed by atoms with van der Waals surface area (Å²) >= 11 is 25.2. The van der Waals surface area contributed by atoms with E-state index < -0.39 is 23.0 Å². The molecule has 2 heterocycles. The standard InChI is InChI=1S/C25H28Cl4N2O3/c1-30-9-7-24(33,17-5-3-15(26)11-21(17)28)19(13-30)23(32)20-14-31(2)10-8-25(20,34)18-6-4-16(27)12-22(18)29/h3-6,11-12,19-20,33-34H,7-10,13-14H2,1-2H3. The number of Topliss-reactive ketones (excluding diaryl/α,β-unsaturated/α-hetero) is 1. The number of benzene rings is 2. The molecule has 2 aliphatic rings. The third-order valence-electron chi connectivity index (χ3n) is 7.37. The second-order valence-electron chi connectivity index (χ2n) is 9.63. The van der Waals surface area contributed by atoms with Gasteiger partial charge in [0.2, 0.25) is 0 Å². The van der Waals surface area contributed by atoms with Crippen LogP contribution in [0.3, 0.4) is 0 Å². The van der Waals surface area contributed by atoms with Crippen LogP contribution >= 0.6 is 46.4 Å². The van der Waals surface area contributed by atoms with Gasteiger partial charge in [-0.05, 0) is 51.2 Å². The fourth-order valence-corrected chi connectivity index (χ4v) is 6.54. The first-order valence-electron chi connectivity index (χ1n) is 11.2. The summed E-state index contributed by atoms with van der Waals surface area (Å²) in [6, 6.07) is 9.86. The van der Waals surface area contributed by atoms with Crippen molar-refractivity contribution in [3.63, 3.8) is 0 Å². The van der Waals surface area contributed by atoms with Gasteiger partial charge in [-0.2, -0.15) is 0 Å². The number of piperidine rings is 2. The lowest BCUT2D eigenvalue weighted by atomic mass is 9.66. The van der Waals surface area contributed by atoms with E-state index in [4.69, 9.17) is 46.4 Å². The van der Waals surface area contributed by atoms with Gasteiger partial charge < -0.3 is 20.0 Å². The number of hydrogen-bond acceptors (Lipinski definition) is 5. The van der Waals surface area contributed by atoms with Crippen LogP contribution in [0.15, 0.2) is 36.4 Å². The first-order chi connectivity index (χ1) is 16.0. The van der Waals surface area contributed by atoms with Crippen LogP contribution in [-0.2, 0) is 16.0 Å². The summed E-state index contributed by atoms with van der Waals surface area (Å²) < 4.78 is 0. The van der Waals surface area contributed by atoms with E-state index in [0.29, 0.717) is 70.2 Å². The van der Waals surface area contributed by atoms with Crippen LogP contribution in [-0.4, -0.2) is 66.1 Å². The number of rotatable bonds is 4. The molecule has 0 aliphatic carbocycles. The highest BCUT2D eigenvalue weighted by molar-refractivity contribution is 6.35. The fraction of sp³-hybridized carbons (Fsp3) is 0.480.